The van der Waals surface area contributed by atoms with Crippen molar-refractivity contribution in [1.29, 1.82) is 0 Å². The van der Waals surface area contributed by atoms with Crippen LogP contribution in [0.15, 0.2) is 24.3 Å². The molecular weight excluding hydrogens is 257 g/mol. The fourth-order valence-corrected chi connectivity index (χ4v) is 2.33. The van der Waals surface area contributed by atoms with Gasteiger partial charge in [0, 0.05) is 26.2 Å². The minimum Gasteiger partial charge on any atom is -0.497 e. The summed E-state index contributed by atoms with van der Waals surface area (Å²) in [6, 6.07) is 4.56. The predicted molar refractivity (Wildman–Crippen MR) is 66.2 cm³/mol. The highest BCUT2D eigenvalue weighted by Crippen LogP contribution is 2.38. The average Bonchev–Trinajstić information content (AvgIpc) is 2.39. The molecule has 0 saturated carbocycles. The summed E-state index contributed by atoms with van der Waals surface area (Å²) in [5, 5.41) is 3.06. The summed E-state index contributed by atoms with van der Waals surface area (Å²) in [7, 11) is 1.49. The van der Waals surface area contributed by atoms with E-state index in [1.165, 1.54) is 24.1 Å². The molecule has 1 fully saturated rings. The molecule has 1 atom stereocenters. The monoisotopic (exact) mass is 274 g/mol. The molecule has 6 heteroatoms. The second-order valence-electron chi connectivity index (χ2n) is 4.50. The Morgan fingerprint density at radius 1 is 1.16 bits per heavy atom. The maximum Gasteiger partial charge on any atom is 0.408 e. The van der Waals surface area contributed by atoms with Gasteiger partial charge in [-0.15, -0.1) is 0 Å². The number of hydrogen-bond acceptors (Lipinski definition) is 3. The van der Waals surface area contributed by atoms with Crippen LogP contribution in [-0.4, -0.2) is 44.4 Å². The number of rotatable bonds is 3. The number of nitrogens with zero attached hydrogens (tertiary/aromatic N) is 1. The van der Waals surface area contributed by atoms with E-state index in [-0.39, 0.29) is 5.56 Å². The molecule has 1 N–H and O–H groups in total. The summed E-state index contributed by atoms with van der Waals surface area (Å²) in [6.45, 7) is 1.97. The minimum atomic E-state index is -4.27. The van der Waals surface area contributed by atoms with E-state index in [9.17, 15) is 13.2 Å². The largest absolute Gasteiger partial charge is 0.497 e. The smallest absolute Gasteiger partial charge is 0.408 e. The molecule has 0 radical (unpaired) electrons. The van der Waals surface area contributed by atoms with E-state index >= 15 is 0 Å². The van der Waals surface area contributed by atoms with Crippen molar-refractivity contribution in [3.8, 4) is 5.75 Å². The lowest BCUT2D eigenvalue weighted by Crippen LogP contribution is -2.49. The van der Waals surface area contributed by atoms with Gasteiger partial charge in [-0.3, -0.25) is 4.90 Å². The van der Waals surface area contributed by atoms with Crippen LogP contribution in [0.25, 0.3) is 0 Å². The van der Waals surface area contributed by atoms with E-state index < -0.39 is 12.2 Å². The summed E-state index contributed by atoms with van der Waals surface area (Å²) in [5.41, 5.74) is 0.259. The summed E-state index contributed by atoms with van der Waals surface area (Å²) in [6.07, 6.45) is -4.27. The maximum absolute atomic E-state index is 13.3. The number of ether oxygens (including phenoxy) is 1. The van der Waals surface area contributed by atoms with Gasteiger partial charge in [0.25, 0.3) is 0 Å². The van der Waals surface area contributed by atoms with Gasteiger partial charge in [0.05, 0.1) is 7.11 Å². The third-order valence-corrected chi connectivity index (χ3v) is 3.26. The van der Waals surface area contributed by atoms with E-state index in [0.717, 1.165) is 0 Å². The lowest BCUT2D eigenvalue weighted by atomic mass is 10.0. The Balaban J connectivity index is 2.25. The van der Waals surface area contributed by atoms with Gasteiger partial charge in [0.2, 0.25) is 0 Å². The van der Waals surface area contributed by atoms with Crippen molar-refractivity contribution in [2.45, 2.75) is 12.2 Å². The fraction of sp³-hybridized carbons (Fsp3) is 0.538. The number of nitrogens with one attached hydrogen (secondary N) is 1. The first-order valence-electron chi connectivity index (χ1n) is 6.18. The maximum atomic E-state index is 13.3. The molecule has 2 rings (SSSR count). The highest BCUT2D eigenvalue weighted by Gasteiger charge is 2.44. The molecule has 1 aliphatic rings. The number of benzene rings is 1. The Hall–Kier alpha value is -1.27. The van der Waals surface area contributed by atoms with Crippen molar-refractivity contribution >= 4 is 0 Å². The lowest BCUT2D eigenvalue weighted by molar-refractivity contribution is -0.187. The van der Waals surface area contributed by atoms with Crippen LogP contribution >= 0.6 is 0 Å². The third kappa shape index (κ3) is 3.39. The van der Waals surface area contributed by atoms with Crippen molar-refractivity contribution < 1.29 is 17.9 Å². The summed E-state index contributed by atoms with van der Waals surface area (Å²) < 4.78 is 44.8. The molecular formula is C13H17F3N2O. The van der Waals surface area contributed by atoms with Crippen LogP contribution in [-0.2, 0) is 0 Å². The van der Waals surface area contributed by atoms with Crippen LogP contribution < -0.4 is 10.1 Å². The van der Waals surface area contributed by atoms with E-state index in [2.05, 4.69) is 5.32 Å². The zero-order chi connectivity index (χ0) is 13.9. The van der Waals surface area contributed by atoms with Gasteiger partial charge >= 0.3 is 6.18 Å². The first-order valence-corrected chi connectivity index (χ1v) is 6.18. The molecule has 0 bridgehead atoms. The molecule has 3 nitrogen and oxygen atoms in total. The van der Waals surface area contributed by atoms with Crippen LogP contribution in [0.5, 0.6) is 5.75 Å². The van der Waals surface area contributed by atoms with Crippen molar-refractivity contribution in [3.63, 3.8) is 0 Å². The summed E-state index contributed by atoms with van der Waals surface area (Å²) in [5.74, 6) is 0.560. The molecule has 1 saturated heterocycles. The second kappa shape index (κ2) is 5.79. The van der Waals surface area contributed by atoms with Crippen molar-refractivity contribution in [1.82, 2.24) is 10.2 Å². The van der Waals surface area contributed by atoms with E-state index in [1.54, 1.807) is 12.1 Å². The first kappa shape index (κ1) is 14.1. The Bertz CT molecular complexity index is 399. The summed E-state index contributed by atoms with van der Waals surface area (Å²) >= 11 is 0. The molecule has 106 valence electrons. The molecule has 0 aliphatic carbocycles. The lowest BCUT2D eigenvalue weighted by Gasteiger charge is -2.36. The van der Waals surface area contributed by atoms with Gasteiger partial charge in [-0.25, -0.2) is 0 Å². The Morgan fingerprint density at radius 2 is 1.74 bits per heavy atom. The Morgan fingerprint density at radius 3 is 2.21 bits per heavy atom. The van der Waals surface area contributed by atoms with Crippen molar-refractivity contribution in [2.75, 3.05) is 33.3 Å². The van der Waals surface area contributed by atoms with Crippen molar-refractivity contribution in [2.24, 2.45) is 0 Å². The van der Waals surface area contributed by atoms with E-state index in [0.29, 0.717) is 31.9 Å². The molecule has 0 spiro atoms. The average molecular weight is 274 g/mol. The standard InChI is InChI=1S/C13H17F3N2O/c1-19-11-4-2-10(3-5-11)12(13(14,15)16)18-8-6-17-7-9-18/h2-5,12,17H,6-9H2,1H3/t12-/m0/s1. The molecule has 1 heterocycles. The third-order valence-electron chi connectivity index (χ3n) is 3.26. The SMILES string of the molecule is COc1ccc([C@H](N2CCNCC2)C(F)(F)F)cc1. The fourth-order valence-electron chi connectivity index (χ4n) is 2.33. The van der Waals surface area contributed by atoms with Gasteiger partial charge in [-0.2, -0.15) is 13.2 Å². The van der Waals surface area contributed by atoms with E-state index in [1.807, 2.05) is 0 Å². The number of alkyl halides is 3. The topological polar surface area (TPSA) is 24.5 Å². The molecule has 0 aromatic heterocycles. The first-order chi connectivity index (χ1) is 9.02. The second-order valence-corrected chi connectivity index (χ2v) is 4.50. The molecule has 0 unspecified atom stereocenters. The van der Waals surface area contributed by atoms with Gasteiger partial charge in [0.1, 0.15) is 11.8 Å². The summed E-state index contributed by atoms with van der Waals surface area (Å²) in [4.78, 5) is 1.47. The molecule has 1 aromatic rings. The van der Waals surface area contributed by atoms with Gasteiger partial charge in [0.15, 0.2) is 0 Å². The number of piperazine rings is 1. The van der Waals surface area contributed by atoms with Gasteiger partial charge < -0.3 is 10.1 Å². The van der Waals surface area contributed by atoms with E-state index in [4.69, 9.17) is 4.74 Å². The number of hydrogen-bond donors (Lipinski definition) is 1. The molecule has 1 aromatic carbocycles. The minimum absolute atomic E-state index is 0.259. The highest BCUT2D eigenvalue weighted by atomic mass is 19.4. The number of methoxy groups -OCH3 is 1. The zero-order valence-electron chi connectivity index (χ0n) is 10.7. The van der Waals surface area contributed by atoms with Crippen LogP contribution in [0.3, 0.4) is 0 Å². The molecule has 1 aliphatic heterocycles. The van der Waals surface area contributed by atoms with Crippen LogP contribution in [0, 0.1) is 0 Å². The molecule has 0 amide bonds. The zero-order valence-corrected chi connectivity index (χ0v) is 10.7. The number of halogens is 3. The predicted octanol–water partition coefficient (Wildman–Crippen LogP) is 2.20. The molecule has 19 heavy (non-hydrogen) atoms. The van der Waals surface area contributed by atoms with Crippen LogP contribution in [0.1, 0.15) is 11.6 Å². The Kier molecular flexibility index (Phi) is 4.31. The van der Waals surface area contributed by atoms with Gasteiger partial charge in [-0.05, 0) is 17.7 Å². The van der Waals surface area contributed by atoms with Gasteiger partial charge in [-0.1, -0.05) is 12.1 Å². The Labute approximate surface area is 110 Å². The van der Waals surface area contributed by atoms with Crippen LogP contribution in [0.2, 0.25) is 0 Å². The van der Waals surface area contributed by atoms with Crippen molar-refractivity contribution in [3.05, 3.63) is 29.8 Å². The highest BCUT2D eigenvalue weighted by molar-refractivity contribution is 5.30. The quantitative estimate of drug-likeness (QED) is 0.914. The normalized spacial score (nSPS) is 19.2. The van der Waals surface area contributed by atoms with Crippen LogP contribution in [0.4, 0.5) is 13.2 Å².